The van der Waals surface area contributed by atoms with E-state index < -0.39 is 7.58 Å². The zero-order valence-electron chi connectivity index (χ0n) is 4.87. The van der Waals surface area contributed by atoms with Gasteiger partial charge >= 0.3 is 0 Å². The lowest BCUT2D eigenvalue weighted by molar-refractivity contribution is 1.19. The predicted molar refractivity (Wildman–Crippen MR) is 42.1 cm³/mol. The molecule has 0 aliphatic carbocycles. The van der Waals surface area contributed by atoms with Crippen LogP contribution < -0.4 is 10.2 Å². The van der Waals surface area contributed by atoms with E-state index in [0.717, 1.165) is 11.5 Å². The summed E-state index contributed by atoms with van der Waals surface area (Å²) >= 11 is 5.75. The van der Waals surface area contributed by atoms with Crippen molar-refractivity contribution in [1.29, 1.82) is 0 Å². The van der Waals surface area contributed by atoms with E-state index in [-0.39, 0.29) is 0 Å². The van der Waals surface area contributed by atoms with Crippen molar-refractivity contribution in [2.45, 2.75) is 0 Å². The van der Waals surface area contributed by atoms with Crippen LogP contribution in [0.3, 0.4) is 0 Å². The molecule has 2 N–H and O–H groups in total. The van der Waals surface area contributed by atoms with E-state index in [4.69, 9.17) is 11.2 Å². The van der Waals surface area contributed by atoms with Gasteiger partial charge in [-0.15, -0.1) is 0 Å². The van der Waals surface area contributed by atoms with Crippen LogP contribution in [0.15, 0.2) is 12.5 Å². The van der Waals surface area contributed by atoms with Crippen LogP contribution in [0.5, 0.6) is 0 Å². The van der Waals surface area contributed by atoms with E-state index in [2.05, 4.69) is 20.1 Å². The predicted octanol–water partition coefficient (Wildman–Crippen LogP) is 1.78. The Labute approximate surface area is 63.7 Å². The van der Waals surface area contributed by atoms with Crippen molar-refractivity contribution in [3.63, 3.8) is 0 Å². The average Bonchev–Trinajstić information content (AvgIpc) is 2.27. The number of anilines is 2. The minimum Gasteiger partial charge on any atom is -0.331 e. The van der Waals surface area contributed by atoms with Crippen LogP contribution in [0.25, 0.3) is 0 Å². The van der Waals surface area contributed by atoms with Crippen LogP contribution >= 0.6 is 18.8 Å². The summed E-state index contributed by atoms with van der Waals surface area (Å²) in [5.41, 5.74) is 0.878. The quantitative estimate of drug-likeness (QED) is 0.589. The van der Waals surface area contributed by atoms with Gasteiger partial charge in [0.05, 0.1) is 6.20 Å². The molecule has 0 radical (unpaired) electrons. The van der Waals surface area contributed by atoms with Crippen molar-refractivity contribution in [3.05, 3.63) is 12.5 Å². The molecule has 0 fully saturated rings. The molecule has 2 heterocycles. The average molecular weight is 175 g/mol. The van der Waals surface area contributed by atoms with E-state index in [1.165, 1.54) is 6.33 Å². The third kappa shape index (κ3) is 0.895. The summed E-state index contributed by atoms with van der Waals surface area (Å²) in [5, 5.41) is 5.96. The smallest absolute Gasteiger partial charge is 0.193 e. The van der Waals surface area contributed by atoms with Gasteiger partial charge in [-0.1, -0.05) is 0 Å². The molecule has 10 heavy (non-hydrogen) atoms. The van der Waals surface area contributed by atoms with Gasteiger partial charge in [-0.3, -0.25) is 0 Å². The summed E-state index contributed by atoms with van der Waals surface area (Å²) in [6, 6.07) is 0. The highest BCUT2D eigenvalue weighted by molar-refractivity contribution is 7.86. The van der Waals surface area contributed by atoms with Gasteiger partial charge in [0.25, 0.3) is 0 Å². The number of hydrogen-bond donors (Lipinski definition) is 2. The van der Waals surface area contributed by atoms with E-state index >= 15 is 0 Å². The van der Waals surface area contributed by atoms with Gasteiger partial charge in [-0.25, -0.2) is 9.97 Å². The standard InChI is InChI=1S/C4H4ClN4P/c5-10-8-3-1-6-2-7-4(3)9-10/h1-2,8H,(H,6,7,9). The van der Waals surface area contributed by atoms with E-state index in [9.17, 15) is 0 Å². The number of hydrogen-bond acceptors (Lipinski definition) is 4. The van der Waals surface area contributed by atoms with Crippen LogP contribution in [0, 0.1) is 0 Å². The highest BCUT2D eigenvalue weighted by atomic mass is 35.7. The molecule has 52 valence electrons. The summed E-state index contributed by atoms with van der Waals surface area (Å²) in [6.07, 6.45) is 3.18. The highest BCUT2D eigenvalue weighted by Crippen LogP contribution is 2.49. The number of nitrogens with one attached hydrogen (secondary N) is 2. The molecule has 0 amide bonds. The third-order valence-electron chi connectivity index (χ3n) is 1.13. The molecule has 1 aliphatic rings. The Morgan fingerprint density at radius 3 is 3.20 bits per heavy atom. The molecular formula is C4H4ClN4P. The van der Waals surface area contributed by atoms with Gasteiger partial charge in [0.2, 0.25) is 0 Å². The summed E-state index contributed by atoms with van der Waals surface area (Å²) in [4.78, 5) is 7.79. The van der Waals surface area contributed by atoms with Gasteiger partial charge in [0, 0.05) is 0 Å². The monoisotopic (exact) mass is 174 g/mol. The molecule has 4 nitrogen and oxygen atoms in total. The van der Waals surface area contributed by atoms with Gasteiger partial charge in [0.15, 0.2) is 13.4 Å². The Morgan fingerprint density at radius 2 is 2.40 bits per heavy atom. The molecule has 1 aromatic rings. The van der Waals surface area contributed by atoms with Crippen LogP contribution in [0.2, 0.25) is 0 Å². The maximum atomic E-state index is 5.75. The number of fused-ring (bicyclic) bond motifs is 1. The Bertz CT molecular complexity index is 230. The number of halogens is 1. The number of nitrogens with zero attached hydrogens (tertiary/aromatic N) is 2. The third-order valence-corrected chi connectivity index (χ3v) is 2.49. The van der Waals surface area contributed by atoms with E-state index in [1.54, 1.807) is 6.20 Å². The molecular weight excluding hydrogens is 170 g/mol. The van der Waals surface area contributed by atoms with Crippen molar-refractivity contribution in [2.24, 2.45) is 0 Å². The van der Waals surface area contributed by atoms with Crippen molar-refractivity contribution < 1.29 is 0 Å². The molecule has 1 unspecified atom stereocenters. The van der Waals surface area contributed by atoms with E-state index in [0.29, 0.717) is 0 Å². The maximum absolute atomic E-state index is 5.75. The molecule has 0 bridgehead atoms. The summed E-state index contributed by atoms with van der Waals surface area (Å²) < 4.78 is 0. The molecule has 2 rings (SSSR count). The first-order valence-electron chi connectivity index (χ1n) is 2.65. The Hall–Kier alpha value is -0.600. The minimum absolute atomic E-state index is 0.788. The lowest BCUT2D eigenvalue weighted by Gasteiger charge is -1.96. The topological polar surface area (TPSA) is 49.8 Å². The maximum Gasteiger partial charge on any atom is 0.193 e. The second kappa shape index (κ2) is 2.22. The molecule has 0 aromatic carbocycles. The molecule has 6 heteroatoms. The summed E-state index contributed by atoms with van der Waals surface area (Å²) in [7, 11) is -0.822. The summed E-state index contributed by atoms with van der Waals surface area (Å²) in [5.74, 6) is 0.788. The van der Waals surface area contributed by atoms with Gasteiger partial charge in [-0.2, -0.15) is 0 Å². The molecule has 1 aromatic heterocycles. The zero-order chi connectivity index (χ0) is 6.97. The normalized spacial score (nSPS) is 21.1. The summed E-state index contributed by atoms with van der Waals surface area (Å²) in [6.45, 7) is 0. The first kappa shape index (κ1) is 6.13. The van der Waals surface area contributed by atoms with Crippen LogP contribution in [0.4, 0.5) is 11.5 Å². The largest absolute Gasteiger partial charge is 0.331 e. The number of rotatable bonds is 0. The first-order valence-corrected chi connectivity index (χ1v) is 4.90. The Morgan fingerprint density at radius 1 is 1.50 bits per heavy atom. The highest BCUT2D eigenvalue weighted by Gasteiger charge is 2.17. The Kier molecular flexibility index (Phi) is 1.36. The molecule has 1 aliphatic heterocycles. The molecule has 0 saturated carbocycles. The fraction of sp³-hybridized carbons (Fsp3) is 0. The minimum atomic E-state index is -0.822. The van der Waals surface area contributed by atoms with Crippen molar-refractivity contribution >= 4 is 30.3 Å². The number of aromatic nitrogens is 2. The van der Waals surface area contributed by atoms with Gasteiger partial charge < -0.3 is 10.2 Å². The molecule has 0 saturated heterocycles. The fourth-order valence-electron chi connectivity index (χ4n) is 0.727. The second-order valence-corrected chi connectivity index (χ2v) is 3.81. The first-order chi connectivity index (χ1) is 4.86. The lowest BCUT2D eigenvalue weighted by Crippen LogP contribution is -1.82. The SMILES string of the molecule is ClP1Nc2cncnc2N1. The lowest BCUT2D eigenvalue weighted by atomic mass is 10.5. The Balaban J connectivity index is 2.42. The van der Waals surface area contributed by atoms with Crippen LogP contribution in [0.1, 0.15) is 0 Å². The van der Waals surface area contributed by atoms with Crippen molar-refractivity contribution in [3.8, 4) is 0 Å². The van der Waals surface area contributed by atoms with Crippen LogP contribution in [-0.2, 0) is 0 Å². The van der Waals surface area contributed by atoms with Crippen molar-refractivity contribution in [2.75, 3.05) is 10.2 Å². The molecule has 0 spiro atoms. The molecule has 1 atom stereocenters. The fourth-order valence-corrected chi connectivity index (χ4v) is 2.04. The van der Waals surface area contributed by atoms with Crippen LogP contribution in [-0.4, -0.2) is 9.97 Å². The second-order valence-electron chi connectivity index (χ2n) is 1.79. The zero-order valence-corrected chi connectivity index (χ0v) is 6.52. The van der Waals surface area contributed by atoms with Crippen molar-refractivity contribution in [1.82, 2.24) is 9.97 Å². The van der Waals surface area contributed by atoms with E-state index in [1.807, 2.05) is 0 Å². The van der Waals surface area contributed by atoms with Gasteiger partial charge in [0.1, 0.15) is 12.0 Å². The van der Waals surface area contributed by atoms with Gasteiger partial charge in [-0.05, 0) is 11.2 Å².